The summed E-state index contributed by atoms with van der Waals surface area (Å²) < 4.78 is 5.75. The van der Waals surface area contributed by atoms with E-state index in [1.165, 1.54) is 52.4 Å². The lowest BCUT2D eigenvalue weighted by molar-refractivity contribution is -0.156. The normalized spacial score (nSPS) is 15.0. The Balaban J connectivity index is 5.55. The van der Waals surface area contributed by atoms with E-state index in [1.54, 1.807) is 0 Å². The Hall–Kier alpha value is -3.83. The average Bonchev–Trinajstić information content (AvgIpc) is 3.08. The molecule has 0 heterocycles. The Bertz CT molecular complexity index is 1150. The molecule has 0 spiro atoms. The number of carbonyl (C=O) groups is 7. The van der Waals surface area contributed by atoms with E-state index in [1.807, 2.05) is 6.92 Å². The van der Waals surface area contributed by atoms with Gasteiger partial charge in [-0.05, 0) is 33.1 Å². The Morgan fingerprint density at radius 2 is 1.13 bits per heavy atom. The molecule has 17 heteroatoms. The topological polar surface area (TPSA) is 284 Å². The molecule has 7 atom stereocenters. The smallest absolute Gasteiger partial charge is 0.328 e. The van der Waals surface area contributed by atoms with Gasteiger partial charge in [0.05, 0.1) is 44.1 Å². The van der Waals surface area contributed by atoms with Crippen LogP contribution in [0.1, 0.15) is 143 Å². The van der Waals surface area contributed by atoms with Crippen molar-refractivity contribution < 1.29 is 58.7 Å². The van der Waals surface area contributed by atoms with Gasteiger partial charge in [-0.3, -0.25) is 24.0 Å². The maximum Gasteiger partial charge on any atom is 0.328 e. The van der Waals surface area contributed by atoms with E-state index in [0.29, 0.717) is 19.3 Å². The van der Waals surface area contributed by atoms with Crippen LogP contribution in [0.25, 0.3) is 0 Å². The number of hydrogen-bond acceptors (Lipinski definition) is 11. The first-order valence-electron chi connectivity index (χ1n) is 19.4. The first-order valence-corrected chi connectivity index (χ1v) is 19.4. The number of amides is 5. The van der Waals surface area contributed by atoms with Crippen LogP contribution in [0, 0.1) is 0 Å². The van der Waals surface area contributed by atoms with Crippen molar-refractivity contribution in [3.63, 3.8) is 0 Å². The number of carboxylic acid groups (broad SMARTS) is 1. The van der Waals surface area contributed by atoms with Crippen molar-refractivity contribution in [1.29, 1.82) is 0 Å². The molecule has 7 unspecified atom stereocenters. The minimum Gasteiger partial charge on any atom is -0.480 e. The van der Waals surface area contributed by atoms with Crippen molar-refractivity contribution in [3.8, 4) is 0 Å². The summed E-state index contributed by atoms with van der Waals surface area (Å²) in [5.74, 6) is -6.39. The SMILES string of the molecule is CCCCCCCCCCCCCC(CC(=O)NC(C(=O)O)C(C)O)OC(=O)C(CCCC)NC(=O)C(NC(=O)CNC(=O)CC(O)CC(N)=O)C(C)O. The highest BCUT2D eigenvalue weighted by Crippen LogP contribution is 2.17. The van der Waals surface area contributed by atoms with E-state index in [2.05, 4.69) is 28.2 Å². The third-order valence-electron chi connectivity index (χ3n) is 8.72. The van der Waals surface area contributed by atoms with Gasteiger partial charge in [-0.1, -0.05) is 90.9 Å². The maximum absolute atomic E-state index is 13.5. The Labute approximate surface area is 319 Å². The largest absolute Gasteiger partial charge is 0.480 e. The monoisotopic (exact) mass is 773 g/mol. The van der Waals surface area contributed by atoms with Crippen LogP contribution in [-0.2, 0) is 38.3 Å². The number of aliphatic hydroxyl groups is 3. The fourth-order valence-corrected chi connectivity index (χ4v) is 5.63. The van der Waals surface area contributed by atoms with Crippen molar-refractivity contribution in [2.24, 2.45) is 5.73 Å². The molecular weight excluding hydrogens is 706 g/mol. The second-order valence-electron chi connectivity index (χ2n) is 14.0. The second kappa shape index (κ2) is 29.5. The van der Waals surface area contributed by atoms with Crippen LogP contribution in [0.2, 0.25) is 0 Å². The number of esters is 1. The second-order valence-corrected chi connectivity index (χ2v) is 14.0. The maximum atomic E-state index is 13.5. The number of carbonyl (C=O) groups excluding carboxylic acids is 6. The summed E-state index contributed by atoms with van der Waals surface area (Å²) in [6, 6.07) is -4.34. The van der Waals surface area contributed by atoms with Crippen LogP contribution in [0.4, 0.5) is 0 Å². The molecule has 0 aromatic rings. The van der Waals surface area contributed by atoms with Gasteiger partial charge in [0, 0.05) is 0 Å². The number of aliphatic hydroxyl groups excluding tert-OH is 3. The molecule has 10 N–H and O–H groups in total. The van der Waals surface area contributed by atoms with Gasteiger partial charge in [-0.15, -0.1) is 0 Å². The highest BCUT2D eigenvalue weighted by Gasteiger charge is 2.32. The minimum atomic E-state index is -1.57. The van der Waals surface area contributed by atoms with Crippen LogP contribution < -0.4 is 27.0 Å². The molecule has 54 heavy (non-hydrogen) atoms. The summed E-state index contributed by atoms with van der Waals surface area (Å²) in [5.41, 5.74) is 4.99. The van der Waals surface area contributed by atoms with Crippen LogP contribution in [0.3, 0.4) is 0 Å². The number of unbranched alkanes of at least 4 members (excludes halogenated alkanes) is 11. The van der Waals surface area contributed by atoms with Crippen LogP contribution in [-0.4, -0.2) is 111 Å². The highest BCUT2D eigenvalue weighted by molar-refractivity contribution is 5.92. The number of rotatable bonds is 32. The molecule has 0 saturated heterocycles. The van der Waals surface area contributed by atoms with Crippen molar-refractivity contribution >= 4 is 41.5 Å². The lowest BCUT2D eigenvalue weighted by Crippen LogP contribution is -2.57. The standard InChI is InChI=1S/C37H67N5O12/c1-5-7-9-10-11-12-13-14-15-16-17-18-27(22-31(48)41-34(25(4)44)36(51)52)54-37(53)28(19-8-6-2)40-35(50)33(24(3)43)42-32(49)23-39-30(47)21-26(45)20-29(38)46/h24-28,33-34,43-45H,5-23H2,1-4H3,(H2,38,46)(H,39,47)(H,40,50)(H,41,48)(H,42,49)(H,51,52). The summed E-state index contributed by atoms with van der Waals surface area (Å²) in [4.78, 5) is 86.6. The molecule has 0 fully saturated rings. The predicted octanol–water partition coefficient (Wildman–Crippen LogP) is 1.22. The van der Waals surface area contributed by atoms with E-state index in [0.717, 1.165) is 25.7 Å². The van der Waals surface area contributed by atoms with E-state index < -0.39 is 103 Å². The molecule has 0 rings (SSSR count). The van der Waals surface area contributed by atoms with Gasteiger partial charge in [0.1, 0.15) is 18.2 Å². The number of ether oxygens (including phenoxy) is 1. The fraction of sp³-hybridized carbons (Fsp3) is 0.811. The summed E-state index contributed by atoms with van der Waals surface area (Å²) in [5, 5.41) is 48.5. The molecule has 0 aliphatic heterocycles. The molecule has 17 nitrogen and oxygen atoms in total. The van der Waals surface area contributed by atoms with E-state index in [4.69, 9.17) is 10.5 Å². The third kappa shape index (κ3) is 24.5. The minimum absolute atomic E-state index is 0.131. The Kier molecular flexibility index (Phi) is 27.4. The zero-order valence-corrected chi connectivity index (χ0v) is 32.6. The van der Waals surface area contributed by atoms with Gasteiger partial charge in [-0.25, -0.2) is 9.59 Å². The highest BCUT2D eigenvalue weighted by atomic mass is 16.5. The molecule has 0 aromatic heterocycles. The molecule has 5 amide bonds. The van der Waals surface area contributed by atoms with Gasteiger partial charge in [0.2, 0.25) is 29.5 Å². The average molecular weight is 774 g/mol. The van der Waals surface area contributed by atoms with Crippen molar-refractivity contribution in [2.75, 3.05) is 6.54 Å². The lowest BCUT2D eigenvalue weighted by Gasteiger charge is -2.26. The lowest BCUT2D eigenvalue weighted by atomic mass is 10.0. The van der Waals surface area contributed by atoms with Gasteiger partial charge in [0.25, 0.3) is 0 Å². The van der Waals surface area contributed by atoms with Gasteiger partial charge < -0.3 is 52.2 Å². The number of hydrogen-bond donors (Lipinski definition) is 9. The Morgan fingerprint density at radius 1 is 0.611 bits per heavy atom. The van der Waals surface area contributed by atoms with Gasteiger partial charge in [0.15, 0.2) is 6.04 Å². The van der Waals surface area contributed by atoms with Crippen molar-refractivity contribution in [2.45, 2.75) is 186 Å². The van der Waals surface area contributed by atoms with E-state index >= 15 is 0 Å². The number of primary amides is 1. The summed E-state index contributed by atoms with van der Waals surface area (Å²) in [6.07, 6.45) is 6.96. The zero-order valence-electron chi connectivity index (χ0n) is 32.6. The van der Waals surface area contributed by atoms with Gasteiger partial charge >= 0.3 is 11.9 Å². The van der Waals surface area contributed by atoms with Crippen molar-refractivity contribution in [3.05, 3.63) is 0 Å². The van der Waals surface area contributed by atoms with Crippen molar-refractivity contribution in [1.82, 2.24) is 21.3 Å². The Morgan fingerprint density at radius 3 is 1.63 bits per heavy atom. The molecule has 0 aliphatic rings. The number of carboxylic acids is 1. The zero-order chi connectivity index (χ0) is 41.1. The first kappa shape index (κ1) is 50.2. The molecule has 0 aromatic carbocycles. The summed E-state index contributed by atoms with van der Waals surface area (Å²) in [6.45, 7) is 5.89. The molecule has 0 saturated carbocycles. The number of aliphatic carboxylic acids is 1. The van der Waals surface area contributed by atoms with Crippen LogP contribution >= 0.6 is 0 Å². The molecule has 312 valence electrons. The van der Waals surface area contributed by atoms with E-state index in [9.17, 15) is 54.0 Å². The summed E-state index contributed by atoms with van der Waals surface area (Å²) in [7, 11) is 0. The first-order chi connectivity index (χ1) is 25.5. The quantitative estimate of drug-likeness (QED) is 0.0345. The van der Waals surface area contributed by atoms with E-state index in [-0.39, 0.29) is 19.3 Å². The number of nitrogens with one attached hydrogen (secondary N) is 4. The predicted molar refractivity (Wildman–Crippen MR) is 199 cm³/mol. The molecule has 0 aliphatic carbocycles. The molecular formula is C37H67N5O12. The molecule has 0 bridgehead atoms. The third-order valence-corrected chi connectivity index (χ3v) is 8.72. The summed E-state index contributed by atoms with van der Waals surface area (Å²) >= 11 is 0. The van der Waals surface area contributed by atoms with Crippen LogP contribution in [0.5, 0.6) is 0 Å². The fourth-order valence-electron chi connectivity index (χ4n) is 5.63. The molecule has 0 radical (unpaired) electrons. The van der Waals surface area contributed by atoms with Gasteiger partial charge in [-0.2, -0.15) is 0 Å². The van der Waals surface area contributed by atoms with Crippen LogP contribution in [0.15, 0.2) is 0 Å². The number of nitrogens with two attached hydrogens (primary N) is 1.